The Balaban J connectivity index is 1.41. The summed E-state index contributed by atoms with van der Waals surface area (Å²) in [6.07, 6.45) is 3.27. The van der Waals surface area contributed by atoms with Crippen molar-refractivity contribution in [1.29, 1.82) is 0 Å². The van der Waals surface area contributed by atoms with Crippen LogP contribution in [0.15, 0.2) is 53.1 Å². The van der Waals surface area contributed by atoms with Gasteiger partial charge in [-0.15, -0.1) is 0 Å². The molecule has 4 rings (SSSR count). The summed E-state index contributed by atoms with van der Waals surface area (Å²) in [5, 5.41) is 7.80. The van der Waals surface area contributed by atoms with Crippen LogP contribution in [-0.4, -0.2) is 29.7 Å². The highest BCUT2D eigenvalue weighted by atomic mass is 16.5. The summed E-state index contributed by atoms with van der Waals surface area (Å²) in [5.41, 5.74) is 1.89. The van der Waals surface area contributed by atoms with Crippen molar-refractivity contribution in [2.75, 3.05) is 6.61 Å². The van der Waals surface area contributed by atoms with Crippen molar-refractivity contribution in [3.63, 3.8) is 0 Å². The normalized spacial score (nSPS) is 21.3. The minimum atomic E-state index is -0.544. The second-order valence-electron chi connectivity index (χ2n) is 8.13. The van der Waals surface area contributed by atoms with Gasteiger partial charge in [-0.25, -0.2) is 4.79 Å². The largest absolute Gasteiger partial charge is 0.452 e. The van der Waals surface area contributed by atoms with Crippen LogP contribution in [0.1, 0.15) is 43.5 Å². The third kappa shape index (κ3) is 4.22. The first-order valence-electron chi connectivity index (χ1n) is 10.4. The fourth-order valence-corrected chi connectivity index (χ4v) is 4.11. The second kappa shape index (κ2) is 8.69. The van der Waals surface area contributed by atoms with E-state index in [0.29, 0.717) is 28.7 Å². The van der Waals surface area contributed by atoms with Crippen LogP contribution in [0.3, 0.4) is 0 Å². The molecule has 6 heteroatoms. The number of hydrogen-bond donors (Lipinski definition) is 1. The van der Waals surface area contributed by atoms with E-state index in [1.54, 1.807) is 18.2 Å². The molecule has 1 saturated carbocycles. The van der Waals surface area contributed by atoms with Crippen LogP contribution in [0, 0.1) is 11.8 Å². The van der Waals surface area contributed by atoms with Crippen molar-refractivity contribution in [3.8, 4) is 11.3 Å². The van der Waals surface area contributed by atoms with E-state index in [4.69, 9.17) is 9.26 Å². The Hall–Kier alpha value is -3.15. The number of hydrogen-bond acceptors (Lipinski definition) is 5. The predicted octanol–water partition coefficient (Wildman–Crippen LogP) is 4.59. The highest BCUT2D eigenvalue weighted by molar-refractivity contribution is 5.99. The van der Waals surface area contributed by atoms with Gasteiger partial charge in [0.25, 0.3) is 5.91 Å². The zero-order valence-electron chi connectivity index (χ0n) is 17.3. The van der Waals surface area contributed by atoms with E-state index in [1.165, 1.54) is 6.42 Å². The van der Waals surface area contributed by atoms with Crippen LogP contribution in [0.25, 0.3) is 22.2 Å². The topological polar surface area (TPSA) is 81.4 Å². The van der Waals surface area contributed by atoms with Crippen molar-refractivity contribution < 1.29 is 18.8 Å². The highest BCUT2D eigenvalue weighted by Gasteiger charge is 2.28. The fraction of sp³-hybridized carbons (Fsp3) is 0.375. The number of carbonyl (C=O) groups excluding carboxylic acids is 2. The van der Waals surface area contributed by atoms with Gasteiger partial charge in [-0.2, -0.15) is 0 Å². The van der Waals surface area contributed by atoms with Crippen LogP contribution in [0.5, 0.6) is 0 Å². The minimum Gasteiger partial charge on any atom is -0.452 e. The van der Waals surface area contributed by atoms with Gasteiger partial charge in [0.2, 0.25) is 0 Å². The summed E-state index contributed by atoms with van der Waals surface area (Å²) in [6, 6.07) is 14.8. The van der Waals surface area contributed by atoms with E-state index in [1.807, 2.05) is 30.3 Å². The number of aromatic nitrogens is 1. The highest BCUT2D eigenvalue weighted by Crippen LogP contribution is 2.30. The molecule has 156 valence electrons. The van der Waals surface area contributed by atoms with E-state index in [9.17, 15) is 9.59 Å². The van der Waals surface area contributed by atoms with Gasteiger partial charge < -0.3 is 14.6 Å². The summed E-state index contributed by atoms with van der Waals surface area (Å²) < 4.78 is 10.7. The molecule has 0 bridgehead atoms. The number of ether oxygens (including phenoxy) is 1. The molecule has 0 saturated heterocycles. The maximum Gasteiger partial charge on any atom is 0.338 e. The number of esters is 1. The number of fused-ring (bicyclic) bond motifs is 1. The van der Waals surface area contributed by atoms with E-state index in [0.717, 1.165) is 23.8 Å². The lowest BCUT2D eigenvalue weighted by atomic mass is 9.78. The molecule has 0 radical (unpaired) electrons. The van der Waals surface area contributed by atoms with Gasteiger partial charge in [-0.3, -0.25) is 4.79 Å². The molecule has 1 aromatic heterocycles. The minimum absolute atomic E-state index is 0.140. The molecular weight excluding hydrogens is 380 g/mol. The van der Waals surface area contributed by atoms with E-state index in [-0.39, 0.29) is 18.6 Å². The molecule has 1 heterocycles. The lowest BCUT2D eigenvalue weighted by Gasteiger charge is -2.34. The smallest absolute Gasteiger partial charge is 0.338 e. The summed E-state index contributed by atoms with van der Waals surface area (Å²) >= 11 is 0. The number of nitrogens with zero attached hydrogens (tertiary/aromatic N) is 1. The molecule has 1 amide bonds. The predicted molar refractivity (Wildman–Crippen MR) is 114 cm³/mol. The monoisotopic (exact) mass is 406 g/mol. The third-order valence-electron chi connectivity index (χ3n) is 6.14. The van der Waals surface area contributed by atoms with Crippen LogP contribution >= 0.6 is 0 Å². The Morgan fingerprint density at radius 1 is 1.13 bits per heavy atom. The summed E-state index contributed by atoms with van der Waals surface area (Å²) in [7, 11) is 0. The average molecular weight is 406 g/mol. The number of carbonyl (C=O) groups is 2. The zero-order valence-corrected chi connectivity index (χ0v) is 17.3. The summed E-state index contributed by atoms with van der Waals surface area (Å²) in [5.74, 6) is 0.799. The van der Waals surface area contributed by atoms with E-state index < -0.39 is 5.97 Å². The molecule has 0 spiro atoms. The van der Waals surface area contributed by atoms with Gasteiger partial charge in [-0.1, -0.05) is 62.2 Å². The van der Waals surface area contributed by atoms with Crippen LogP contribution in [-0.2, 0) is 9.53 Å². The Labute approximate surface area is 175 Å². The SMILES string of the molecule is C[C@@H]1[C@@H](C)CCC[C@H]1NC(=O)COC(=O)c1ccc2noc(-c3ccccc3)c2c1. The van der Waals surface area contributed by atoms with Gasteiger partial charge >= 0.3 is 5.97 Å². The van der Waals surface area contributed by atoms with Crippen molar-refractivity contribution >= 4 is 22.8 Å². The standard InChI is InChI=1S/C24H26N2O4/c1-15-7-6-10-20(16(15)2)25-22(27)14-29-24(28)18-11-12-21-19(13-18)23(30-26-21)17-8-4-3-5-9-17/h3-5,8-9,11-13,15-16,20H,6-7,10,14H2,1-2H3,(H,25,27)/t15-,16+,20+/m0/s1. The summed E-state index contributed by atoms with van der Waals surface area (Å²) in [4.78, 5) is 24.8. The first kappa shape index (κ1) is 20.1. The van der Waals surface area contributed by atoms with Crippen LogP contribution in [0.4, 0.5) is 0 Å². The summed E-state index contributed by atoms with van der Waals surface area (Å²) in [6.45, 7) is 4.09. The van der Waals surface area contributed by atoms with Crippen molar-refractivity contribution in [3.05, 3.63) is 54.1 Å². The van der Waals surface area contributed by atoms with Crippen LogP contribution < -0.4 is 5.32 Å². The maximum absolute atomic E-state index is 12.5. The molecular formula is C24H26N2O4. The van der Waals surface area contributed by atoms with E-state index in [2.05, 4.69) is 24.3 Å². The Morgan fingerprint density at radius 2 is 1.93 bits per heavy atom. The number of benzene rings is 2. The maximum atomic E-state index is 12.5. The Morgan fingerprint density at radius 3 is 2.73 bits per heavy atom. The first-order chi connectivity index (χ1) is 14.5. The van der Waals surface area contributed by atoms with Gasteiger partial charge in [0.05, 0.1) is 10.9 Å². The van der Waals surface area contributed by atoms with Crippen molar-refractivity contribution in [2.45, 2.75) is 39.2 Å². The molecule has 6 nitrogen and oxygen atoms in total. The second-order valence-corrected chi connectivity index (χ2v) is 8.13. The van der Waals surface area contributed by atoms with Gasteiger partial charge in [0.15, 0.2) is 12.4 Å². The first-order valence-corrected chi connectivity index (χ1v) is 10.4. The van der Waals surface area contributed by atoms with Gasteiger partial charge in [0.1, 0.15) is 5.52 Å². The molecule has 0 aliphatic heterocycles. The fourth-order valence-electron chi connectivity index (χ4n) is 4.11. The molecule has 2 aromatic carbocycles. The molecule has 30 heavy (non-hydrogen) atoms. The number of amides is 1. The van der Waals surface area contributed by atoms with Gasteiger partial charge in [0, 0.05) is 11.6 Å². The Bertz CT molecular complexity index is 1040. The van der Waals surface area contributed by atoms with Crippen molar-refractivity contribution in [2.24, 2.45) is 11.8 Å². The molecule has 1 aliphatic rings. The molecule has 1 fully saturated rings. The van der Waals surface area contributed by atoms with Gasteiger partial charge in [-0.05, 0) is 36.5 Å². The average Bonchev–Trinajstić information content (AvgIpc) is 3.19. The quantitative estimate of drug-likeness (QED) is 0.627. The van der Waals surface area contributed by atoms with E-state index >= 15 is 0 Å². The Kier molecular flexibility index (Phi) is 5.84. The molecule has 1 aliphatic carbocycles. The van der Waals surface area contributed by atoms with Crippen LogP contribution in [0.2, 0.25) is 0 Å². The lowest BCUT2D eigenvalue weighted by Crippen LogP contribution is -2.45. The molecule has 3 aromatic rings. The molecule has 0 unspecified atom stereocenters. The number of rotatable bonds is 5. The number of nitrogens with one attached hydrogen (secondary N) is 1. The lowest BCUT2D eigenvalue weighted by molar-refractivity contribution is -0.125. The third-order valence-corrected chi connectivity index (χ3v) is 6.14. The molecule has 3 atom stereocenters. The zero-order chi connectivity index (χ0) is 21.1. The van der Waals surface area contributed by atoms with Crippen molar-refractivity contribution in [1.82, 2.24) is 10.5 Å². The molecule has 1 N–H and O–H groups in total.